The van der Waals surface area contributed by atoms with Gasteiger partial charge in [-0.2, -0.15) is 0 Å². The van der Waals surface area contributed by atoms with Crippen molar-refractivity contribution in [3.63, 3.8) is 0 Å². The molecule has 138 valence electrons. The molecule has 0 radical (unpaired) electrons. The maximum Gasteiger partial charge on any atom is 0.326 e. The zero-order valence-corrected chi connectivity index (χ0v) is 14.9. The van der Waals surface area contributed by atoms with Gasteiger partial charge in [-0.25, -0.2) is 4.79 Å². The molecule has 1 unspecified atom stereocenters. The van der Waals surface area contributed by atoms with Crippen LogP contribution in [0.5, 0.6) is 5.75 Å². The van der Waals surface area contributed by atoms with Crippen LogP contribution >= 0.6 is 0 Å². The van der Waals surface area contributed by atoms with E-state index in [0.29, 0.717) is 13.0 Å². The molecule has 7 nitrogen and oxygen atoms in total. The number of carboxylic acids is 1. The van der Waals surface area contributed by atoms with Crippen molar-refractivity contribution in [2.75, 3.05) is 19.7 Å². The van der Waals surface area contributed by atoms with Crippen molar-refractivity contribution < 1.29 is 24.2 Å². The maximum atomic E-state index is 12.4. The lowest BCUT2D eigenvalue weighted by molar-refractivity contribution is -0.149. The van der Waals surface area contributed by atoms with Crippen LogP contribution in [0.2, 0.25) is 0 Å². The number of carboxylic acid groups (broad SMARTS) is 1. The standard InChI is InChI=1S/C18H26N2O5/c1-4-25-16-8-5-15(6-9-16)7-10-17(22)20(13(2)18(23)24)12-11-19-14(3)21/h5-6,8-9,13H,4,7,10-12H2,1-3H3,(H,19,21)(H,23,24). The third kappa shape index (κ3) is 7.24. The average Bonchev–Trinajstić information content (AvgIpc) is 2.57. The van der Waals surface area contributed by atoms with Gasteiger partial charge in [0.1, 0.15) is 11.8 Å². The summed E-state index contributed by atoms with van der Waals surface area (Å²) in [5.74, 6) is -0.773. The van der Waals surface area contributed by atoms with Crippen LogP contribution in [0.4, 0.5) is 0 Å². The van der Waals surface area contributed by atoms with Crippen LogP contribution < -0.4 is 10.1 Å². The third-order valence-electron chi connectivity index (χ3n) is 3.73. The summed E-state index contributed by atoms with van der Waals surface area (Å²) in [6.45, 7) is 5.72. The Kier molecular flexibility index (Phi) is 8.46. The number of amides is 2. The number of aryl methyl sites for hydroxylation is 1. The Labute approximate surface area is 148 Å². The summed E-state index contributed by atoms with van der Waals surface area (Å²) in [5, 5.41) is 11.8. The highest BCUT2D eigenvalue weighted by Gasteiger charge is 2.24. The fourth-order valence-electron chi connectivity index (χ4n) is 2.33. The van der Waals surface area contributed by atoms with Crippen molar-refractivity contribution in [2.24, 2.45) is 0 Å². The maximum absolute atomic E-state index is 12.4. The molecule has 0 fully saturated rings. The number of carbonyl (C=O) groups is 3. The van der Waals surface area contributed by atoms with Gasteiger partial charge in [-0.05, 0) is 38.0 Å². The Morgan fingerprint density at radius 2 is 1.88 bits per heavy atom. The first kappa shape index (κ1) is 20.5. The van der Waals surface area contributed by atoms with E-state index in [1.54, 1.807) is 0 Å². The smallest absolute Gasteiger partial charge is 0.326 e. The molecule has 7 heteroatoms. The minimum absolute atomic E-state index is 0.162. The van der Waals surface area contributed by atoms with Gasteiger partial charge in [0.05, 0.1) is 6.61 Å². The average molecular weight is 350 g/mol. The summed E-state index contributed by atoms with van der Waals surface area (Å²) in [6, 6.07) is 6.53. The molecule has 0 heterocycles. The number of hydrogen-bond acceptors (Lipinski definition) is 4. The minimum atomic E-state index is -1.07. The molecule has 2 N–H and O–H groups in total. The van der Waals surface area contributed by atoms with Crippen LogP contribution in [0.15, 0.2) is 24.3 Å². The van der Waals surface area contributed by atoms with Gasteiger partial charge in [-0.1, -0.05) is 12.1 Å². The molecule has 1 aromatic carbocycles. The summed E-state index contributed by atoms with van der Waals surface area (Å²) < 4.78 is 5.37. The van der Waals surface area contributed by atoms with Gasteiger partial charge in [0.15, 0.2) is 0 Å². The van der Waals surface area contributed by atoms with Crippen molar-refractivity contribution in [2.45, 2.75) is 39.7 Å². The van der Waals surface area contributed by atoms with Gasteiger partial charge in [-0.15, -0.1) is 0 Å². The van der Waals surface area contributed by atoms with Crippen LogP contribution in [0.3, 0.4) is 0 Å². The van der Waals surface area contributed by atoms with Crippen molar-refractivity contribution in [3.8, 4) is 5.75 Å². The SMILES string of the molecule is CCOc1ccc(CCC(=O)N(CCNC(C)=O)C(C)C(=O)O)cc1. The van der Waals surface area contributed by atoms with E-state index < -0.39 is 12.0 Å². The molecule has 2 amide bonds. The molecule has 0 spiro atoms. The number of ether oxygens (including phenoxy) is 1. The van der Waals surface area contributed by atoms with Gasteiger partial charge >= 0.3 is 5.97 Å². The van der Waals surface area contributed by atoms with Gasteiger partial charge in [0.2, 0.25) is 11.8 Å². The summed E-state index contributed by atoms with van der Waals surface area (Å²) in [5.41, 5.74) is 0.974. The van der Waals surface area contributed by atoms with E-state index in [1.807, 2.05) is 31.2 Å². The zero-order chi connectivity index (χ0) is 18.8. The monoisotopic (exact) mass is 350 g/mol. The molecule has 0 saturated carbocycles. The molecule has 0 aliphatic heterocycles. The molecule has 1 rings (SSSR count). The van der Waals surface area contributed by atoms with Gasteiger partial charge in [0.25, 0.3) is 0 Å². The molecule has 0 aromatic heterocycles. The van der Waals surface area contributed by atoms with Crippen molar-refractivity contribution in [1.82, 2.24) is 10.2 Å². The molecular formula is C18H26N2O5. The zero-order valence-electron chi connectivity index (χ0n) is 14.9. The summed E-state index contributed by atoms with van der Waals surface area (Å²) in [6.07, 6.45) is 0.708. The van der Waals surface area contributed by atoms with Gasteiger partial charge < -0.3 is 20.1 Å². The summed E-state index contributed by atoms with van der Waals surface area (Å²) in [4.78, 5) is 35.9. The van der Waals surface area contributed by atoms with Crippen LogP contribution in [-0.4, -0.2) is 53.5 Å². The van der Waals surface area contributed by atoms with E-state index in [4.69, 9.17) is 4.74 Å². The number of carbonyl (C=O) groups excluding carboxylic acids is 2. The minimum Gasteiger partial charge on any atom is -0.494 e. The van der Waals surface area contributed by atoms with Crippen LogP contribution in [0.25, 0.3) is 0 Å². The predicted molar refractivity (Wildman–Crippen MR) is 93.4 cm³/mol. The predicted octanol–water partition coefficient (Wildman–Crippen LogP) is 1.46. The number of benzene rings is 1. The number of nitrogens with zero attached hydrogens (tertiary/aromatic N) is 1. The normalized spacial score (nSPS) is 11.5. The van der Waals surface area contributed by atoms with Crippen LogP contribution in [-0.2, 0) is 20.8 Å². The number of nitrogens with one attached hydrogen (secondary N) is 1. The second-order valence-electron chi connectivity index (χ2n) is 5.66. The van der Waals surface area contributed by atoms with E-state index in [1.165, 1.54) is 18.7 Å². The van der Waals surface area contributed by atoms with E-state index in [-0.39, 0.29) is 31.3 Å². The Balaban J connectivity index is 2.63. The van der Waals surface area contributed by atoms with Crippen LogP contribution in [0, 0.1) is 0 Å². The number of hydrogen-bond donors (Lipinski definition) is 2. The van der Waals surface area contributed by atoms with Crippen molar-refractivity contribution in [3.05, 3.63) is 29.8 Å². The summed E-state index contributed by atoms with van der Waals surface area (Å²) in [7, 11) is 0. The second-order valence-corrected chi connectivity index (χ2v) is 5.66. The lowest BCUT2D eigenvalue weighted by atomic mass is 10.1. The highest BCUT2D eigenvalue weighted by molar-refractivity contribution is 5.83. The molecule has 0 saturated heterocycles. The molecular weight excluding hydrogens is 324 g/mol. The summed E-state index contributed by atoms with van der Waals surface area (Å²) >= 11 is 0. The third-order valence-corrected chi connectivity index (χ3v) is 3.73. The lowest BCUT2D eigenvalue weighted by Crippen LogP contribution is -2.46. The highest BCUT2D eigenvalue weighted by atomic mass is 16.5. The second kappa shape index (κ2) is 10.3. The van der Waals surface area contributed by atoms with E-state index in [0.717, 1.165) is 11.3 Å². The Bertz CT molecular complexity index is 586. The van der Waals surface area contributed by atoms with E-state index in [2.05, 4.69) is 5.32 Å². The molecule has 0 bridgehead atoms. The van der Waals surface area contributed by atoms with Crippen molar-refractivity contribution >= 4 is 17.8 Å². The first-order chi connectivity index (χ1) is 11.8. The van der Waals surface area contributed by atoms with Crippen LogP contribution in [0.1, 0.15) is 32.8 Å². The Hall–Kier alpha value is -2.57. The van der Waals surface area contributed by atoms with E-state index in [9.17, 15) is 19.5 Å². The number of rotatable bonds is 10. The van der Waals surface area contributed by atoms with Gasteiger partial charge in [0, 0.05) is 26.4 Å². The molecule has 0 aliphatic rings. The molecule has 1 aromatic rings. The Morgan fingerprint density at radius 3 is 2.40 bits per heavy atom. The Morgan fingerprint density at radius 1 is 1.24 bits per heavy atom. The first-order valence-corrected chi connectivity index (χ1v) is 8.33. The molecule has 0 aliphatic carbocycles. The van der Waals surface area contributed by atoms with E-state index >= 15 is 0 Å². The molecule has 1 atom stereocenters. The quantitative estimate of drug-likeness (QED) is 0.666. The fraction of sp³-hybridized carbons (Fsp3) is 0.500. The topological polar surface area (TPSA) is 95.9 Å². The van der Waals surface area contributed by atoms with Gasteiger partial charge in [-0.3, -0.25) is 9.59 Å². The lowest BCUT2D eigenvalue weighted by Gasteiger charge is -2.26. The number of aliphatic carboxylic acids is 1. The molecule has 25 heavy (non-hydrogen) atoms. The first-order valence-electron chi connectivity index (χ1n) is 8.33. The highest BCUT2D eigenvalue weighted by Crippen LogP contribution is 2.14. The fourth-order valence-corrected chi connectivity index (χ4v) is 2.33. The van der Waals surface area contributed by atoms with Crippen molar-refractivity contribution in [1.29, 1.82) is 0 Å². The largest absolute Gasteiger partial charge is 0.494 e.